The van der Waals surface area contributed by atoms with E-state index in [1.165, 1.54) is 16.7 Å². The molecular weight excluding hydrogens is 328 g/mol. The van der Waals surface area contributed by atoms with Crippen molar-refractivity contribution in [1.29, 1.82) is 0 Å². The van der Waals surface area contributed by atoms with E-state index in [0.717, 1.165) is 37.9 Å². The lowest BCUT2D eigenvalue weighted by Crippen LogP contribution is -2.41. The second-order valence-electron chi connectivity index (χ2n) is 7.83. The van der Waals surface area contributed by atoms with Crippen LogP contribution in [0.4, 0.5) is 0 Å². The monoisotopic (exact) mass is 354 g/mol. The maximum Gasteiger partial charge on any atom is 0.246 e. The Morgan fingerprint density at radius 3 is 2.65 bits per heavy atom. The van der Waals surface area contributed by atoms with E-state index in [1.807, 2.05) is 0 Å². The standard InChI is InChI=1S/C20H26N4O2/c1-13-9-14(2)11-15(10-13)20(6-7-20)19-22-17(26-23-19)12-24-8-4-3-5-16(21)18(24)25/h9-11,16H,3-8,12,21H2,1-2H3. The number of aromatic nitrogens is 2. The maximum absolute atomic E-state index is 12.4. The van der Waals surface area contributed by atoms with Gasteiger partial charge in [-0.25, -0.2) is 0 Å². The van der Waals surface area contributed by atoms with Gasteiger partial charge in [0.05, 0.1) is 11.5 Å². The third kappa shape index (κ3) is 3.14. The summed E-state index contributed by atoms with van der Waals surface area (Å²) < 4.78 is 5.50. The van der Waals surface area contributed by atoms with Gasteiger partial charge in [0.15, 0.2) is 5.82 Å². The number of likely N-dealkylation sites (tertiary alicyclic amines) is 1. The van der Waals surface area contributed by atoms with Gasteiger partial charge in [0.2, 0.25) is 11.8 Å². The maximum atomic E-state index is 12.4. The molecule has 1 aromatic carbocycles. The average molecular weight is 354 g/mol. The van der Waals surface area contributed by atoms with Crippen molar-refractivity contribution in [3.8, 4) is 0 Å². The molecule has 2 N–H and O–H groups in total. The molecule has 138 valence electrons. The minimum absolute atomic E-state index is 0.0160. The summed E-state index contributed by atoms with van der Waals surface area (Å²) in [6, 6.07) is 6.20. The molecule has 0 spiro atoms. The van der Waals surface area contributed by atoms with Crippen LogP contribution >= 0.6 is 0 Å². The van der Waals surface area contributed by atoms with Gasteiger partial charge in [-0.2, -0.15) is 4.98 Å². The fraction of sp³-hybridized carbons (Fsp3) is 0.550. The summed E-state index contributed by atoms with van der Waals surface area (Å²) in [5, 5.41) is 4.26. The van der Waals surface area contributed by atoms with E-state index in [9.17, 15) is 4.79 Å². The molecule has 6 nitrogen and oxygen atoms in total. The van der Waals surface area contributed by atoms with Crippen molar-refractivity contribution in [2.24, 2.45) is 5.73 Å². The molecule has 1 amide bonds. The number of benzene rings is 1. The predicted octanol–water partition coefficient (Wildman–Crippen LogP) is 2.61. The van der Waals surface area contributed by atoms with Gasteiger partial charge in [-0.15, -0.1) is 0 Å². The molecule has 26 heavy (non-hydrogen) atoms. The van der Waals surface area contributed by atoms with Crippen molar-refractivity contribution in [3.05, 3.63) is 46.6 Å². The number of amides is 1. The summed E-state index contributed by atoms with van der Waals surface area (Å²) in [5.41, 5.74) is 9.58. The summed E-state index contributed by atoms with van der Waals surface area (Å²) in [4.78, 5) is 18.8. The second-order valence-corrected chi connectivity index (χ2v) is 7.83. The quantitative estimate of drug-likeness (QED) is 0.912. The smallest absolute Gasteiger partial charge is 0.246 e. The first-order valence-electron chi connectivity index (χ1n) is 9.44. The number of hydrogen-bond acceptors (Lipinski definition) is 5. The van der Waals surface area contributed by atoms with Gasteiger partial charge in [-0.1, -0.05) is 34.5 Å². The molecule has 6 heteroatoms. The Morgan fingerprint density at radius 1 is 1.23 bits per heavy atom. The number of hydrogen-bond donors (Lipinski definition) is 1. The molecule has 2 aromatic rings. The van der Waals surface area contributed by atoms with Gasteiger partial charge in [-0.05, 0) is 51.5 Å². The van der Waals surface area contributed by atoms with E-state index >= 15 is 0 Å². The molecular formula is C20H26N4O2. The molecule has 1 saturated carbocycles. The van der Waals surface area contributed by atoms with Gasteiger partial charge in [0.1, 0.15) is 6.54 Å². The summed E-state index contributed by atoms with van der Waals surface area (Å²) in [6.07, 6.45) is 4.76. The molecule has 1 aliphatic heterocycles. The zero-order valence-corrected chi connectivity index (χ0v) is 15.5. The number of carbonyl (C=O) groups is 1. The topological polar surface area (TPSA) is 85.3 Å². The second kappa shape index (κ2) is 6.50. The van der Waals surface area contributed by atoms with Crippen LogP contribution in [-0.4, -0.2) is 33.5 Å². The summed E-state index contributed by atoms with van der Waals surface area (Å²) in [7, 11) is 0. The number of aryl methyl sites for hydroxylation is 2. The molecule has 4 rings (SSSR count). The fourth-order valence-corrected chi connectivity index (χ4v) is 3.99. The van der Waals surface area contributed by atoms with Crippen LogP contribution in [0.3, 0.4) is 0 Å². The zero-order chi connectivity index (χ0) is 18.3. The molecule has 2 aliphatic rings. The molecule has 2 fully saturated rings. The van der Waals surface area contributed by atoms with Gasteiger partial charge in [-0.3, -0.25) is 4.79 Å². The van der Waals surface area contributed by atoms with Crippen molar-refractivity contribution in [3.63, 3.8) is 0 Å². The van der Waals surface area contributed by atoms with E-state index in [-0.39, 0.29) is 11.3 Å². The Kier molecular flexibility index (Phi) is 4.31. The van der Waals surface area contributed by atoms with Crippen LogP contribution in [0.15, 0.2) is 22.7 Å². The van der Waals surface area contributed by atoms with E-state index < -0.39 is 6.04 Å². The molecule has 2 heterocycles. The highest BCUT2D eigenvalue weighted by molar-refractivity contribution is 5.81. The Labute approximate surface area is 153 Å². The number of carbonyl (C=O) groups excluding carboxylic acids is 1. The van der Waals surface area contributed by atoms with Crippen LogP contribution < -0.4 is 5.73 Å². The minimum atomic E-state index is -0.412. The van der Waals surface area contributed by atoms with Crippen molar-refractivity contribution in [2.45, 2.75) is 64.0 Å². The highest BCUT2D eigenvalue weighted by atomic mass is 16.5. The first-order chi connectivity index (χ1) is 12.5. The van der Waals surface area contributed by atoms with Gasteiger partial charge in [0, 0.05) is 6.54 Å². The van der Waals surface area contributed by atoms with E-state index in [1.54, 1.807) is 4.90 Å². The molecule has 0 radical (unpaired) electrons. The first-order valence-corrected chi connectivity index (χ1v) is 9.44. The van der Waals surface area contributed by atoms with Crippen molar-refractivity contribution < 1.29 is 9.32 Å². The summed E-state index contributed by atoms with van der Waals surface area (Å²) in [5.74, 6) is 1.22. The normalized spacial score (nSPS) is 22.3. The lowest BCUT2D eigenvalue weighted by atomic mass is 9.92. The number of nitrogens with zero attached hydrogens (tertiary/aromatic N) is 3. The van der Waals surface area contributed by atoms with Crippen molar-refractivity contribution in [1.82, 2.24) is 15.0 Å². The van der Waals surface area contributed by atoms with Gasteiger partial charge < -0.3 is 15.2 Å². The molecule has 1 atom stereocenters. The lowest BCUT2D eigenvalue weighted by Gasteiger charge is -2.20. The van der Waals surface area contributed by atoms with Crippen LogP contribution in [0.2, 0.25) is 0 Å². The Morgan fingerprint density at radius 2 is 1.96 bits per heavy atom. The van der Waals surface area contributed by atoms with E-state index in [0.29, 0.717) is 19.0 Å². The van der Waals surface area contributed by atoms with Crippen LogP contribution in [0.5, 0.6) is 0 Å². The van der Waals surface area contributed by atoms with Crippen molar-refractivity contribution >= 4 is 5.91 Å². The highest BCUT2D eigenvalue weighted by Gasteiger charge is 2.50. The van der Waals surface area contributed by atoms with Crippen LogP contribution in [0.1, 0.15) is 60.5 Å². The molecule has 1 saturated heterocycles. The van der Waals surface area contributed by atoms with E-state index in [4.69, 9.17) is 10.3 Å². The summed E-state index contributed by atoms with van der Waals surface area (Å²) in [6.45, 7) is 5.28. The van der Waals surface area contributed by atoms with Gasteiger partial charge >= 0.3 is 0 Å². The Bertz CT molecular complexity index is 805. The third-order valence-electron chi connectivity index (χ3n) is 5.57. The van der Waals surface area contributed by atoms with Crippen LogP contribution in [0, 0.1) is 13.8 Å². The van der Waals surface area contributed by atoms with Crippen LogP contribution in [0.25, 0.3) is 0 Å². The fourth-order valence-electron chi connectivity index (χ4n) is 3.99. The Balaban J connectivity index is 1.55. The van der Waals surface area contributed by atoms with Gasteiger partial charge in [0.25, 0.3) is 0 Å². The van der Waals surface area contributed by atoms with E-state index in [2.05, 4.69) is 42.2 Å². The molecule has 1 unspecified atom stereocenters. The minimum Gasteiger partial charge on any atom is -0.337 e. The lowest BCUT2D eigenvalue weighted by molar-refractivity contribution is -0.133. The average Bonchev–Trinajstić information content (AvgIpc) is 3.31. The largest absolute Gasteiger partial charge is 0.337 e. The van der Waals surface area contributed by atoms with Crippen LogP contribution in [-0.2, 0) is 16.8 Å². The number of rotatable bonds is 4. The first kappa shape index (κ1) is 17.2. The third-order valence-corrected chi connectivity index (χ3v) is 5.57. The number of nitrogens with two attached hydrogens (primary N) is 1. The molecule has 1 aliphatic carbocycles. The predicted molar refractivity (Wildman–Crippen MR) is 97.5 cm³/mol. The highest BCUT2D eigenvalue weighted by Crippen LogP contribution is 2.52. The summed E-state index contributed by atoms with van der Waals surface area (Å²) >= 11 is 0. The SMILES string of the molecule is Cc1cc(C)cc(C2(c3noc(CN4CCCCC(N)C4=O)n3)CC2)c1. The molecule has 1 aromatic heterocycles. The zero-order valence-electron chi connectivity index (χ0n) is 15.5. The van der Waals surface area contributed by atoms with Crippen molar-refractivity contribution in [2.75, 3.05) is 6.54 Å². The Hall–Kier alpha value is -2.21. The molecule has 0 bridgehead atoms.